The lowest BCUT2D eigenvalue weighted by atomic mass is 9.95. The summed E-state index contributed by atoms with van der Waals surface area (Å²) in [6.45, 7) is 4.90. The zero-order valence-electron chi connectivity index (χ0n) is 16.2. The first-order valence-electron chi connectivity index (χ1n) is 9.38. The highest BCUT2D eigenvalue weighted by Crippen LogP contribution is 2.37. The minimum absolute atomic E-state index is 0.0865. The Hall–Kier alpha value is -3.28. The molecular weight excluding hydrogens is 354 g/mol. The van der Waals surface area contributed by atoms with Gasteiger partial charge in [0.2, 0.25) is 0 Å². The lowest BCUT2D eigenvalue weighted by Gasteiger charge is -2.31. The van der Waals surface area contributed by atoms with Crippen LogP contribution in [0.1, 0.15) is 24.1 Å². The summed E-state index contributed by atoms with van der Waals surface area (Å²) in [6, 6.07) is 14.7. The molecule has 2 aromatic carbocycles. The third kappa shape index (κ3) is 3.01. The lowest BCUT2D eigenvalue weighted by Crippen LogP contribution is -2.45. The first-order chi connectivity index (χ1) is 13.5. The van der Waals surface area contributed by atoms with Crippen LogP contribution in [0.5, 0.6) is 5.75 Å². The van der Waals surface area contributed by atoms with Gasteiger partial charge in [-0.1, -0.05) is 29.8 Å². The Morgan fingerprint density at radius 1 is 1.07 bits per heavy atom. The highest BCUT2D eigenvalue weighted by molar-refractivity contribution is 6.11. The molecule has 1 N–H and O–H groups in total. The van der Waals surface area contributed by atoms with Gasteiger partial charge in [-0.3, -0.25) is 9.69 Å². The van der Waals surface area contributed by atoms with Gasteiger partial charge in [0.05, 0.1) is 30.5 Å². The molecule has 0 saturated carbocycles. The van der Waals surface area contributed by atoms with Crippen molar-refractivity contribution >= 4 is 17.6 Å². The molecule has 0 fully saturated rings. The predicted octanol–water partition coefficient (Wildman–Crippen LogP) is 3.39. The molecule has 2 aliphatic heterocycles. The number of anilines is 1. The van der Waals surface area contributed by atoms with Crippen molar-refractivity contribution in [1.82, 2.24) is 10.2 Å². The molecule has 0 radical (unpaired) electrons. The molecule has 6 nitrogen and oxygen atoms in total. The van der Waals surface area contributed by atoms with Crippen LogP contribution in [0.4, 0.5) is 10.5 Å². The van der Waals surface area contributed by atoms with Gasteiger partial charge >= 0.3 is 6.03 Å². The van der Waals surface area contributed by atoms with Gasteiger partial charge in [0.1, 0.15) is 5.75 Å². The molecule has 0 bridgehead atoms. The van der Waals surface area contributed by atoms with E-state index in [1.54, 1.807) is 11.9 Å². The van der Waals surface area contributed by atoms with Crippen molar-refractivity contribution in [2.45, 2.75) is 19.9 Å². The largest absolute Gasteiger partial charge is 0.494 e. The van der Waals surface area contributed by atoms with Crippen LogP contribution in [0.3, 0.4) is 0 Å². The summed E-state index contributed by atoms with van der Waals surface area (Å²) in [7, 11) is 1.70. The van der Waals surface area contributed by atoms with E-state index in [9.17, 15) is 9.59 Å². The third-order valence-corrected chi connectivity index (χ3v) is 5.23. The lowest BCUT2D eigenvalue weighted by molar-refractivity contribution is -0.114. The monoisotopic (exact) mass is 377 g/mol. The molecule has 28 heavy (non-hydrogen) atoms. The summed E-state index contributed by atoms with van der Waals surface area (Å²) in [4.78, 5) is 29.0. The Bertz CT molecular complexity index is 948. The molecule has 1 atom stereocenters. The maximum absolute atomic E-state index is 13.3. The van der Waals surface area contributed by atoms with E-state index >= 15 is 0 Å². The average molecular weight is 377 g/mol. The number of likely N-dealkylation sites (N-methyl/N-ethyl adjacent to an activating group) is 1. The van der Waals surface area contributed by atoms with Gasteiger partial charge in [0.25, 0.3) is 5.91 Å². The number of rotatable bonds is 4. The summed E-state index contributed by atoms with van der Waals surface area (Å²) in [5.74, 6) is 0.679. The topological polar surface area (TPSA) is 61.9 Å². The Morgan fingerprint density at radius 2 is 1.75 bits per heavy atom. The number of hydrogen-bond acceptors (Lipinski definition) is 3. The van der Waals surface area contributed by atoms with Gasteiger partial charge in [-0.15, -0.1) is 0 Å². The predicted molar refractivity (Wildman–Crippen MR) is 107 cm³/mol. The van der Waals surface area contributed by atoms with Crippen molar-refractivity contribution in [3.05, 3.63) is 70.9 Å². The number of hydrogen-bond donors (Lipinski definition) is 1. The standard InChI is InChI=1S/C22H23N3O3/c1-4-28-17-11-9-16(10-12-17)25-13-18-19(21(25)26)20(23-22(27)24(18)3)15-7-5-14(2)6-8-15/h5-12,20H,4,13H2,1-3H3,(H,23,27). The van der Waals surface area contributed by atoms with Crippen molar-refractivity contribution < 1.29 is 14.3 Å². The first kappa shape index (κ1) is 18.1. The van der Waals surface area contributed by atoms with Gasteiger partial charge in [0, 0.05) is 12.7 Å². The Labute approximate surface area is 164 Å². The zero-order chi connectivity index (χ0) is 19.8. The van der Waals surface area contributed by atoms with Crippen LogP contribution in [0.2, 0.25) is 0 Å². The van der Waals surface area contributed by atoms with Crippen molar-refractivity contribution in [3.8, 4) is 5.75 Å². The molecule has 0 aliphatic carbocycles. The third-order valence-electron chi connectivity index (χ3n) is 5.23. The normalized spacial score (nSPS) is 19.0. The van der Waals surface area contributed by atoms with Gasteiger partial charge in [-0.25, -0.2) is 4.79 Å². The molecule has 3 amide bonds. The Balaban J connectivity index is 1.68. The molecule has 0 spiro atoms. The molecule has 144 valence electrons. The van der Waals surface area contributed by atoms with Crippen LogP contribution in [0.25, 0.3) is 0 Å². The maximum atomic E-state index is 13.3. The van der Waals surface area contributed by atoms with E-state index in [2.05, 4.69) is 5.32 Å². The van der Waals surface area contributed by atoms with Crippen molar-refractivity contribution in [3.63, 3.8) is 0 Å². The molecule has 2 heterocycles. The Kier molecular flexibility index (Phi) is 4.55. The highest BCUT2D eigenvalue weighted by Gasteiger charge is 2.43. The number of aryl methyl sites for hydroxylation is 1. The summed E-state index contributed by atoms with van der Waals surface area (Å²) in [6.07, 6.45) is 0. The molecular formula is C22H23N3O3. The summed E-state index contributed by atoms with van der Waals surface area (Å²) < 4.78 is 5.48. The van der Waals surface area contributed by atoms with Gasteiger partial charge in [0.15, 0.2) is 0 Å². The van der Waals surface area contributed by atoms with Crippen LogP contribution < -0.4 is 15.0 Å². The average Bonchev–Trinajstić information content (AvgIpc) is 3.04. The molecule has 2 aliphatic rings. The van der Waals surface area contributed by atoms with Gasteiger partial charge in [-0.2, -0.15) is 0 Å². The number of carbonyl (C=O) groups is 2. The fourth-order valence-corrected chi connectivity index (χ4v) is 3.67. The SMILES string of the molecule is CCOc1ccc(N2CC3=C(C2=O)C(c2ccc(C)cc2)NC(=O)N3C)cc1. The number of nitrogens with zero attached hydrogens (tertiary/aromatic N) is 2. The van der Waals surface area contributed by atoms with Crippen LogP contribution in [-0.2, 0) is 4.79 Å². The van der Waals surface area contributed by atoms with Crippen LogP contribution >= 0.6 is 0 Å². The second kappa shape index (κ2) is 7.03. The number of urea groups is 1. The number of nitrogens with one attached hydrogen (secondary N) is 1. The number of carbonyl (C=O) groups excluding carboxylic acids is 2. The maximum Gasteiger partial charge on any atom is 0.322 e. The summed E-state index contributed by atoms with van der Waals surface area (Å²) in [5, 5.41) is 2.96. The second-order valence-corrected chi connectivity index (χ2v) is 7.03. The minimum atomic E-state index is -0.445. The molecule has 6 heteroatoms. The van der Waals surface area contributed by atoms with E-state index in [0.717, 1.165) is 28.3 Å². The van der Waals surface area contributed by atoms with E-state index in [0.29, 0.717) is 18.7 Å². The number of benzene rings is 2. The molecule has 0 aromatic heterocycles. The zero-order valence-corrected chi connectivity index (χ0v) is 16.2. The fourth-order valence-electron chi connectivity index (χ4n) is 3.67. The second-order valence-electron chi connectivity index (χ2n) is 7.03. The van der Waals surface area contributed by atoms with E-state index in [-0.39, 0.29) is 11.9 Å². The van der Waals surface area contributed by atoms with E-state index < -0.39 is 6.04 Å². The molecule has 2 aromatic rings. The van der Waals surface area contributed by atoms with E-state index in [1.165, 1.54) is 4.90 Å². The van der Waals surface area contributed by atoms with Crippen LogP contribution in [-0.4, -0.2) is 37.0 Å². The van der Waals surface area contributed by atoms with E-state index in [4.69, 9.17) is 4.74 Å². The summed E-state index contributed by atoms with van der Waals surface area (Å²) >= 11 is 0. The van der Waals surface area contributed by atoms with Crippen LogP contribution in [0, 0.1) is 6.92 Å². The minimum Gasteiger partial charge on any atom is -0.494 e. The van der Waals surface area contributed by atoms with Gasteiger partial charge in [-0.05, 0) is 43.7 Å². The quantitative estimate of drug-likeness (QED) is 0.888. The smallest absolute Gasteiger partial charge is 0.322 e. The summed E-state index contributed by atoms with van der Waals surface area (Å²) in [5.41, 5.74) is 4.19. The van der Waals surface area contributed by atoms with Crippen molar-refractivity contribution in [2.75, 3.05) is 25.1 Å². The number of amides is 3. The fraction of sp³-hybridized carbons (Fsp3) is 0.273. The molecule has 1 unspecified atom stereocenters. The first-order valence-corrected chi connectivity index (χ1v) is 9.38. The van der Waals surface area contributed by atoms with Gasteiger partial charge < -0.3 is 15.0 Å². The Morgan fingerprint density at radius 3 is 2.39 bits per heavy atom. The molecule has 0 saturated heterocycles. The van der Waals surface area contributed by atoms with Crippen LogP contribution in [0.15, 0.2) is 59.8 Å². The number of ether oxygens (including phenoxy) is 1. The molecule has 4 rings (SSSR count). The van der Waals surface area contributed by atoms with Crippen molar-refractivity contribution in [2.24, 2.45) is 0 Å². The van der Waals surface area contributed by atoms with E-state index in [1.807, 2.05) is 62.4 Å². The highest BCUT2D eigenvalue weighted by atomic mass is 16.5. The van der Waals surface area contributed by atoms with Crippen molar-refractivity contribution in [1.29, 1.82) is 0 Å².